The summed E-state index contributed by atoms with van der Waals surface area (Å²) in [4.78, 5) is 0. The summed E-state index contributed by atoms with van der Waals surface area (Å²) in [5.74, 6) is 1.95. The van der Waals surface area contributed by atoms with Gasteiger partial charge in [-0.15, -0.1) is 0 Å². The maximum absolute atomic E-state index is 6.81. The molecule has 11 aromatic rings. The van der Waals surface area contributed by atoms with Gasteiger partial charge in [0.05, 0.1) is 0 Å². The van der Waals surface area contributed by atoms with Gasteiger partial charge in [0.25, 0.3) is 0 Å². The van der Waals surface area contributed by atoms with E-state index in [9.17, 15) is 0 Å². The average Bonchev–Trinajstić information content (AvgIpc) is 4.04. The predicted octanol–water partition coefficient (Wildman–Crippen LogP) is 14.9. The third-order valence-electron chi connectivity index (χ3n) is 13.0. The summed E-state index contributed by atoms with van der Waals surface area (Å²) in [5, 5.41) is 6.85. The van der Waals surface area contributed by atoms with Crippen molar-refractivity contribution in [2.75, 3.05) is 0 Å². The van der Waals surface area contributed by atoms with Crippen molar-refractivity contribution >= 4 is 65.8 Å². The number of benzene rings is 7. The van der Waals surface area contributed by atoms with Crippen molar-refractivity contribution in [3.63, 3.8) is 0 Å². The van der Waals surface area contributed by atoms with E-state index >= 15 is 0 Å². The van der Waals surface area contributed by atoms with E-state index in [2.05, 4.69) is 137 Å². The van der Waals surface area contributed by atoms with E-state index in [0.717, 1.165) is 99.6 Å². The summed E-state index contributed by atoms with van der Waals surface area (Å²) in [6.45, 7) is 9.34. The molecule has 0 radical (unpaired) electrons. The highest BCUT2D eigenvalue weighted by Gasteiger charge is 2.46. The largest absolute Gasteiger partial charge is 0.456 e. The lowest BCUT2D eigenvalue weighted by Gasteiger charge is -2.24. The molecule has 0 atom stereocenters. The Balaban J connectivity index is 0.928. The number of furan rings is 4. The van der Waals surface area contributed by atoms with Crippen LogP contribution in [-0.4, -0.2) is 0 Å². The molecule has 56 heavy (non-hydrogen) atoms. The summed E-state index contributed by atoms with van der Waals surface area (Å²) in [7, 11) is 0. The number of hydrogen-bond acceptors (Lipinski definition) is 4. The zero-order chi connectivity index (χ0) is 37.2. The summed E-state index contributed by atoms with van der Waals surface area (Å²) in [6.07, 6.45) is 0. The van der Waals surface area contributed by atoms with Gasteiger partial charge in [0.2, 0.25) is 0 Å². The van der Waals surface area contributed by atoms with Gasteiger partial charge in [0.15, 0.2) is 0 Å². The van der Waals surface area contributed by atoms with Crippen molar-refractivity contribution < 1.29 is 17.7 Å². The zero-order valence-electron chi connectivity index (χ0n) is 31.3. The van der Waals surface area contributed by atoms with E-state index in [1.165, 1.54) is 33.4 Å². The maximum Gasteiger partial charge on any atom is 0.139 e. The topological polar surface area (TPSA) is 52.6 Å². The Morgan fingerprint density at radius 3 is 1.07 bits per heavy atom. The smallest absolute Gasteiger partial charge is 0.139 e. The SMILES string of the molecule is CC1(C)c2cc3c(cc2-c2oc4ccc(-c5ccc6oc7ccccc7c6c5)cc4c21)C(C)(C)c1c-3oc2ccc(-c3ccc4oc5ccccc5c4c3)cc12. The highest BCUT2D eigenvalue weighted by Crippen LogP contribution is 2.60. The third-order valence-corrected chi connectivity index (χ3v) is 13.0. The first-order chi connectivity index (χ1) is 27.2. The molecular weight excluding hydrogens is 689 g/mol. The first-order valence-electron chi connectivity index (χ1n) is 19.4. The molecule has 0 unspecified atom stereocenters. The van der Waals surface area contributed by atoms with Crippen LogP contribution in [0.15, 0.2) is 151 Å². The van der Waals surface area contributed by atoms with Gasteiger partial charge in [0.1, 0.15) is 45.0 Å². The van der Waals surface area contributed by atoms with Crippen LogP contribution in [0.4, 0.5) is 0 Å². The van der Waals surface area contributed by atoms with Crippen molar-refractivity contribution in [1.29, 1.82) is 0 Å². The van der Waals surface area contributed by atoms with E-state index in [0.29, 0.717) is 0 Å². The van der Waals surface area contributed by atoms with Crippen molar-refractivity contribution in [2.45, 2.75) is 38.5 Å². The lowest BCUT2D eigenvalue weighted by atomic mass is 9.78. The van der Waals surface area contributed by atoms with Crippen LogP contribution in [0.2, 0.25) is 0 Å². The second-order valence-corrected chi connectivity index (χ2v) is 16.8. The molecule has 0 N–H and O–H groups in total. The molecule has 4 nitrogen and oxygen atoms in total. The first kappa shape index (κ1) is 30.5. The molecular formula is C52H34O4. The number of rotatable bonds is 2. The molecule has 2 aliphatic carbocycles. The number of para-hydroxylation sites is 2. The van der Waals surface area contributed by atoms with Gasteiger partial charge in [-0.1, -0.05) is 88.4 Å². The second-order valence-electron chi connectivity index (χ2n) is 16.8. The van der Waals surface area contributed by atoms with Crippen molar-refractivity contribution in [3.8, 4) is 44.9 Å². The minimum absolute atomic E-state index is 0.281. The lowest BCUT2D eigenvalue weighted by molar-refractivity contribution is 0.617. The van der Waals surface area contributed by atoms with E-state index in [-0.39, 0.29) is 10.8 Å². The van der Waals surface area contributed by atoms with Gasteiger partial charge >= 0.3 is 0 Å². The average molecular weight is 723 g/mol. The fourth-order valence-corrected chi connectivity index (χ4v) is 10.3. The van der Waals surface area contributed by atoms with Crippen LogP contribution in [0, 0.1) is 0 Å². The highest BCUT2D eigenvalue weighted by molar-refractivity contribution is 6.08. The lowest BCUT2D eigenvalue weighted by Crippen LogP contribution is -2.17. The fraction of sp³-hybridized carbons (Fsp3) is 0.115. The molecule has 13 rings (SSSR count). The minimum atomic E-state index is -0.281. The maximum atomic E-state index is 6.81. The van der Waals surface area contributed by atoms with Crippen molar-refractivity contribution in [2.24, 2.45) is 0 Å². The van der Waals surface area contributed by atoms with Crippen LogP contribution >= 0.6 is 0 Å². The van der Waals surface area contributed by atoms with E-state index in [1.807, 2.05) is 24.3 Å². The van der Waals surface area contributed by atoms with Crippen LogP contribution in [0.5, 0.6) is 0 Å². The third kappa shape index (κ3) is 3.79. The molecule has 0 fully saturated rings. The molecule has 0 bridgehead atoms. The van der Waals surface area contributed by atoms with Crippen LogP contribution < -0.4 is 0 Å². The van der Waals surface area contributed by atoms with Gasteiger partial charge in [-0.3, -0.25) is 0 Å². The molecule has 0 saturated carbocycles. The first-order valence-corrected chi connectivity index (χ1v) is 19.4. The van der Waals surface area contributed by atoms with Gasteiger partial charge < -0.3 is 17.7 Å². The molecule has 266 valence electrons. The Hall–Kier alpha value is -6.78. The Labute approximate surface area is 321 Å². The molecule has 0 saturated heterocycles. The quantitative estimate of drug-likeness (QED) is 0.178. The Bertz CT molecular complexity index is 3300. The van der Waals surface area contributed by atoms with Crippen LogP contribution in [0.25, 0.3) is 111 Å². The van der Waals surface area contributed by atoms with Gasteiger partial charge in [-0.05, 0) is 106 Å². The van der Waals surface area contributed by atoms with Crippen LogP contribution in [0.3, 0.4) is 0 Å². The molecule has 0 spiro atoms. The van der Waals surface area contributed by atoms with Gasteiger partial charge in [-0.2, -0.15) is 0 Å². The zero-order valence-corrected chi connectivity index (χ0v) is 31.3. The Kier molecular flexibility index (Phi) is 5.50. The molecule has 4 heteroatoms. The van der Waals surface area contributed by atoms with Crippen LogP contribution in [0.1, 0.15) is 49.9 Å². The monoisotopic (exact) mass is 722 g/mol. The van der Waals surface area contributed by atoms with E-state index < -0.39 is 0 Å². The second kappa shape index (κ2) is 10.1. The van der Waals surface area contributed by atoms with Gasteiger partial charge in [-0.25, -0.2) is 0 Å². The summed E-state index contributed by atoms with van der Waals surface area (Å²) in [6, 6.07) is 47.5. The summed E-state index contributed by atoms with van der Waals surface area (Å²) >= 11 is 0. The van der Waals surface area contributed by atoms with Crippen molar-refractivity contribution in [3.05, 3.63) is 156 Å². The molecule has 2 aliphatic rings. The predicted molar refractivity (Wildman–Crippen MR) is 227 cm³/mol. The molecule has 0 aliphatic heterocycles. The normalized spacial score (nSPS) is 15.1. The summed E-state index contributed by atoms with van der Waals surface area (Å²) in [5.41, 5.74) is 16.9. The van der Waals surface area contributed by atoms with Gasteiger partial charge in [0, 0.05) is 65.4 Å². The molecule has 7 aromatic carbocycles. The molecule has 4 aromatic heterocycles. The summed E-state index contributed by atoms with van der Waals surface area (Å²) < 4.78 is 25.9. The minimum Gasteiger partial charge on any atom is -0.456 e. The molecule has 4 heterocycles. The number of fused-ring (bicyclic) bond motifs is 16. The van der Waals surface area contributed by atoms with Crippen LogP contribution in [-0.2, 0) is 10.8 Å². The van der Waals surface area contributed by atoms with E-state index in [4.69, 9.17) is 17.7 Å². The highest BCUT2D eigenvalue weighted by atomic mass is 16.3. The van der Waals surface area contributed by atoms with Crippen molar-refractivity contribution in [1.82, 2.24) is 0 Å². The Morgan fingerprint density at radius 1 is 0.321 bits per heavy atom. The van der Waals surface area contributed by atoms with E-state index in [1.54, 1.807) is 0 Å². The molecule has 0 amide bonds. The Morgan fingerprint density at radius 2 is 0.661 bits per heavy atom. The fourth-order valence-electron chi connectivity index (χ4n) is 10.3. The standard InChI is InChI=1S/C52H34O4/c1-51(2)39-25-36-40(26-35(39)49-47(51)37-23-29(15-19-45(37)55-49)27-13-17-43-33(21-27)31-9-5-7-11-41(31)53-43)52(3,4)48-38-24-30(16-20-46(38)56-50(36)48)28-14-18-44-34(22-28)32-10-6-8-12-42(32)54-44/h5-26H,1-4H3. The number of hydrogen-bond donors (Lipinski definition) is 0.